The van der Waals surface area contributed by atoms with E-state index in [-0.39, 0.29) is 24.5 Å². The summed E-state index contributed by atoms with van der Waals surface area (Å²) < 4.78 is 0. The van der Waals surface area contributed by atoms with E-state index in [9.17, 15) is 19.8 Å². The van der Waals surface area contributed by atoms with Crippen molar-refractivity contribution in [2.75, 3.05) is 0 Å². The molecule has 1 aliphatic rings. The fourth-order valence-electron chi connectivity index (χ4n) is 3.82. The Morgan fingerprint density at radius 1 is 1.11 bits per heavy atom. The highest BCUT2D eigenvalue weighted by Gasteiger charge is 2.44. The second-order valence-corrected chi connectivity index (χ2v) is 8.14. The van der Waals surface area contributed by atoms with Crippen LogP contribution in [0.15, 0.2) is 29.0 Å². The van der Waals surface area contributed by atoms with Crippen LogP contribution in [-0.4, -0.2) is 39.3 Å². The number of carboxylic acids is 1. The summed E-state index contributed by atoms with van der Waals surface area (Å²) in [6.45, 7) is 0. The van der Waals surface area contributed by atoms with Gasteiger partial charge in [0, 0.05) is 31.1 Å². The van der Waals surface area contributed by atoms with Crippen LogP contribution in [0.3, 0.4) is 0 Å². The van der Waals surface area contributed by atoms with Crippen LogP contribution >= 0.6 is 11.3 Å². The summed E-state index contributed by atoms with van der Waals surface area (Å²) in [6, 6.07) is 2.10. The summed E-state index contributed by atoms with van der Waals surface area (Å²) in [7, 11) is 0. The van der Waals surface area contributed by atoms with Gasteiger partial charge in [0.25, 0.3) is 0 Å². The van der Waals surface area contributed by atoms with Gasteiger partial charge in [-0.05, 0) is 60.9 Å². The Hall–Kier alpha value is -1.50. The number of aliphatic carboxylic acids is 1. The van der Waals surface area contributed by atoms with Gasteiger partial charge in [0.15, 0.2) is 0 Å². The quantitative estimate of drug-likeness (QED) is 0.372. The lowest BCUT2D eigenvalue weighted by Gasteiger charge is -2.21. The van der Waals surface area contributed by atoms with Gasteiger partial charge in [0.2, 0.25) is 0 Å². The van der Waals surface area contributed by atoms with Gasteiger partial charge < -0.3 is 15.3 Å². The Morgan fingerprint density at radius 3 is 2.63 bits per heavy atom. The number of Topliss-reactive ketones (excluding diaryl/α,β-unsaturated/α-hetero) is 1. The van der Waals surface area contributed by atoms with Crippen molar-refractivity contribution >= 4 is 23.1 Å². The molecule has 5 nitrogen and oxygen atoms in total. The van der Waals surface area contributed by atoms with Crippen molar-refractivity contribution in [1.82, 2.24) is 0 Å². The smallest absolute Gasteiger partial charge is 0.303 e. The third kappa shape index (κ3) is 7.20. The molecule has 1 heterocycles. The third-order valence-electron chi connectivity index (χ3n) is 5.28. The predicted octanol–water partition coefficient (Wildman–Crippen LogP) is 3.59. The standard InChI is InChI=1S/C21H30O5S/c22-17(9-6-5-7-15-11-12-27-14-15)21-16(18(23)13-19(21)24)8-3-1-2-4-10-20(25)26/h1,3,11-12,14,16,18-19,21,23-24H,2,4-10,13H2,(H,25,26)/t16?,18-,19-,21?/m0/s1. The molecule has 1 aliphatic carbocycles. The highest BCUT2D eigenvalue weighted by Crippen LogP contribution is 2.37. The van der Waals surface area contributed by atoms with Crippen LogP contribution in [0.1, 0.15) is 56.9 Å². The molecule has 0 bridgehead atoms. The number of aryl methyl sites for hydroxylation is 1. The van der Waals surface area contributed by atoms with Crippen LogP contribution in [-0.2, 0) is 16.0 Å². The van der Waals surface area contributed by atoms with E-state index < -0.39 is 24.1 Å². The van der Waals surface area contributed by atoms with E-state index in [1.807, 2.05) is 12.2 Å². The van der Waals surface area contributed by atoms with Gasteiger partial charge in [-0.3, -0.25) is 9.59 Å². The first-order chi connectivity index (χ1) is 13.0. The summed E-state index contributed by atoms with van der Waals surface area (Å²) in [5.74, 6) is -1.50. The molecule has 1 saturated carbocycles. The maximum absolute atomic E-state index is 12.6. The second-order valence-electron chi connectivity index (χ2n) is 7.36. The SMILES string of the molecule is O=C(O)CCCC=CCC1C(C(=O)CCCCc2ccsc2)[C@@H](O)C[C@@H]1O. The number of hydrogen-bond donors (Lipinski definition) is 3. The molecule has 0 saturated heterocycles. The number of allylic oxidation sites excluding steroid dienone is 2. The molecule has 1 fully saturated rings. The molecule has 0 radical (unpaired) electrons. The highest BCUT2D eigenvalue weighted by atomic mass is 32.1. The molecule has 0 aliphatic heterocycles. The number of hydrogen-bond acceptors (Lipinski definition) is 5. The van der Waals surface area contributed by atoms with Crippen LogP contribution < -0.4 is 0 Å². The first kappa shape index (κ1) is 21.8. The summed E-state index contributed by atoms with van der Waals surface area (Å²) in [5.41, 5.74) is 1.30. The van der Waals surface area contributed by atoms with Gasteiger partial charge in [-0.1, -0.05) is 12.2 Å². The molecule has 4 atom stereocenters. The Kier molecular flexibility index (Phi) is 9.18. The molecule has 150 valence electrons. The monoisotopic (exact) mass is 394 g/mol. The van der Waals surface area contributed by atoms with Crippen molar-refractivity contribution in [2.24, 2.45) is 11.8 Å². The molecule has 27 heavy (non-hydrogen) atoms. The van der Waals surface area contributed by atoms with E-state index in [2.05, 4.69) is 16.8 Å². The van der Waals surface area contributed by atoms with E-state index in [0.717, 1.165) is 19.3 Å². The van der Waals surface area contributed by atoms with Gasteiger partial charge in [-0.15, -0.1) is 0 Å². The Balaban J connectivity index is 1.76. The number of carboxylic acid groups (broad SMARTS) is 1. The molecule has 1 aromatic heterocycles. The first-order valence-corrected chi connectivity index (χ1v) is 10.7. The molecule has 3 N–H and O–H groups in total. The average molecular weight is 395 g/mol. The van der Waals surface area contributed by atoms with Gasteiger partial charge in [0.1, 0.15) is 5.78 Å². The molecule has 2 unspecified atom stereocenters. The Bertz CT molecular complexity index is 610. The maximum Gasteiger partial charge on any atom is 0.303 e. The lowest BCUT2D eigenvalue weighted by atomic mass is 9.85. The molecule has 0 aromatic carbocycles. The maximum atomic E-state index is 12.6. The van der Waals surface area contributed by atoms with Crippen LogP contribution in [0.25, 0.3) is 0 Å². The largest absolute Gasteiger partial charge is 0.481 e. The molecule has 1 aromatic rings. The number of rotatable bonds is 12. The van der Waals surface area contributed by atoms with Crippen LogP contribution in [0.2, 0.25) is 0 Å². The number of thiophene rings is 1. The van der Waals surface area contributed by atoms with E-state index in [4.69, 9.17) is 5.11 Å². The van der Waals surface area contributed by atoms with Crippen molar-refractivity contribution in [2.45, 2.75) is 70.0 Å². The van der Waals surface area contributed by atoms with E-state index in [1.54, 1.807) is 11.3 Å². The normalized spacial score (nSPS) is 25.3. The zero-order chi connectivity index (χ0) is 19.6. The number of carbonyl (C=O) groups is 2. The van der Waals surface area contributed by atoms with Crippen molar-refractivity contribution < 1.29 is 24.9 Å². The number of unbranched alkanes of at least 4 members (excludes halogenated alkanes) is 2. The van der Waals surface area contributed by atoms with Gasteiger partial charge >= 0.3 is 5.97 Å². The molecular formula is C21H30O5S. The lowest BCUT2D eigenvalue weighted by Crippen LogP contribution is -2.29. The topological polar surface area (TPSA) is 94.8 Å². The summed E-state index contributed by atoms with van der Waals surface area (Å²) in [4.78, 5) is 23.1. The molecule has 2 rings (SSSR count). The molecule has 0 amide bonds. The number of ketones is 1. The third-order valence-corrected chi connectivity index (χ3v) is 6.01. The van der Waals surface area contributed by atoms with E-state index in [0.29, 0.717) is 25.7 Å². The van der Waals surface area contributed by atoms with Gasteiger partial charge in [-0.25, -0.2) is 0 Å². The minimum absolute atomic E-state index is 0.0497. The fourth-order valence-corrected chi connectivity index (χ4v) is 4.53. The lowest BCUT2D eigenvalue weighted by molar-refractivity contribution is -0.137. The van der Waals surface area contributed by atoms with E-state index in [1.165, 1.54) is 5.56 Å². The minimum Gasteiger partial charge on any atom is -0.481 e. The summed E-state index contributed by atoms with van der Waals surface area (Å²) in [6.07, 6.45) is 7.71. The number of aliphatic hydroxyl groups excluding tert-OH is 2. The zero-order valence-corrected chi connectivity index (χ0v) is 16.4. The zero-order valence-electron chi connectivity index (χ0n) is 15.6. The van der Waals surface area contributed by atoms with Crippen molar-refractivity contribution in [3.05, 3.63) is 34.5 Å². The van der Waals surface area contributed by atoms with Crippen molar-refractivity contribution in [3.8, 4) is 0 Å². The molecular weight excluding hydrogens is 364 g/mol. The van der Waals surface area contributed by atoms with Crippen LogP contribution in [0.4, 0.5) is 0 Å². The second kappa shape index (κ2) is 11.4. The van der Waals surface area contributed by atoms with Gasteiger partial charge in [-0.2, -0.15) is 11.3 Å². The Labute approximate surface area is 164 Å². The average Bonchev–Trinajstić information content (AvgIpc) is 3.22. The van der Waals surface area contributed by atoms with E-state index >= 15 is 0 Å². The minimum atomic E-state index is -0.803. The van der Waals surface area contributed by atoms with Crippen LogP contribution in [0, 0.1) is 11.8 Å². The van der Waals surface area contributed by atoms with Crippen molar-refractivity contribution in [3.63, 3.8) is 0 Å². The van der Waals surface area contributed by atoms with Crippen LogP contribution in [0.5, 0.6) is 0 Å². The number of aliphatic hydroxyl groups is 2. The highest BCUT2D eigenvalue weighted by molar-refractivity contribution is 7.07. The summed E-state index contributed by atoms with van der Waals surface area (Å²) in [5, 5.41) is 33.3. The predicted molar refractivity (Wildman–Crippen MR) is 106 cm³/mol. The van der Waals surface area contributed by atoms with Gasteiger partial charge in [0.05, 0.1) is 12.2 Å². The molecule has 0 spiro atoms. The Morgan fingerprint density at radius 2 is 1.93 bits per heavy atom. The van der Waals surface area contributed by atoms with Crippen molar-refractivity contribution in [1.29, 1.82) is 0 Å². The molecule has 6 heteroatoms. The fraction of sp³-hybridized carbons (Fsp3) is 0.619. The summed E-state index contributed by atoms with van der Waals surface area (Å²) >= 11 is 1.68. The first-order valence-electron chi connectivity index (χ1n) is 9.75. The number of carbonyl (C=O) groups excluding carboxylic acids is 1.